The number of benzene rings is 4. The van der Waals surface area contributed by atoms with Crippen LogP contribution in [0.3, 0.4) is 0 Å². The summed E-state index contributed by atoms with van der Waals surface area (Å²) in [5.74, 6) is -0.427. The Balaban J connectivity index is 1.33. The van der Waals surface area contributed by atoms with Crippen LogP contribution in [-0.4, -0.2) is 32.1 Å². The summed E-state index contributed by atoms with van der Waals surface area (Å²) in [6.07, 6.45) is 3.19. The number of para-hydroxylation sites is 1. The van der Waals surface area contributed by atoms with Crippen LogP contribution in [0.4, 0.5) is 10.8 Å². The Morgan fingerprint density at radius 2 is 1.68 bits per heavy atom. The second kappa shape index (κ2) is 11.5. The molecule has 5 aromatic rings. The van der Waals surface area contributed by atoms with E-state index in [-0.39, 0.29) is 10.5 Å². The van der Waals surface area contributed by atoms with Crippen molar-refractivity contribution >= 4 is 86.4 Å². The van der Waals surface area contributed by atoms with E-state index in [0.29, 0.717) is 17.4 Å². The molecule has 0 saturated heterocycles. The Bertz CT molecular complexity index is 1890. The number of carbonyl (C=O) groups excluding carboxylic acids is 1. The van der Waals surface area contributed by atoms with E-state index < -0.39 is 15.9 Å². The van der Waals surface area contributed by atoms with Gasteiger partial charge in [-0.05, 0) is 84.6 Å². The predicted octanol–water partition coefficient (Wildman–Crippen LogP) is 7.64. The maximum Gasteiger partial charge on any atom is 0.280 e. The summed E-state index contributed by atoms with van der Waals surface area (Å²) >= 11 is 8.25. The number of amides is 1. The molecule has 0 fully saturated rings. The number of hydrazone groups is 1. The van der Waals surface area contributed by atoms with Crippen LogP contribution in [0, 0.1) is 0 Å². The number of halogens is 2. The molecule has 1 aromatic heterocycles. The zero-order valence-electron chi connectivity index (χ0n) is 21.4. The molecule has 0 spiro atoms. The molecule has 1 aliphatic heterocycles. The van der Waals surface area contributed by atoms with Crippen molar-refractivity contribution in [1.82, 2.24) is 4.98 Å². The fraction of sp³-hybridized carbons (Fsp3) is 0.100. The second-order valence-electron chi connectivity index (χ2n) is 9.36. The molecular formula is C30H22Br2N4O3S2. The van der Waals surface area contributed by atoms with E-state index >= 15 is 0 Å². The number of sulfonamides is 1. The number of aryl methyl sites for hydroxylation is 1. The second-order valence-corrected chi connectivity index (χ2v) is 14.1. The number of anilines is 2. The number of nitrogens with zero attached hydrogens (tertiary/aromatic N) is 4. The van der Waals surface area contributed by atoms with Gasteiger partial charge in [-0.1, -0.05) is 73.5 Å². The summed E-state index contributed by atoms with van der Waals surface area (Å²) in [6.45, 7) is 0.409. The van der Waals surface area contributed by atoms with Crippen molar-refractivity contribution in [2.24, 2.45) is 5.10 Å². The van der Waals surface area contributed by atoms with Gasteiger partial charge in [0.1, 0.15) is 0 Å². The molecule has 2 heterocycles. The van der Waals surface area contributed by atoms with Crippen LogP contribution in [0.2, 0.25) is 0 Å². The average molecular weight is 710 g/mol. The lowest BCUT2D eigenvalue weighted by Crippen LogP contribution is -2.35. The third-order valence-corrected chi connectivity index (χ3v) is 10.5. The molecule has 0 atom stereocenters. The van der Waals surface area contributed by atoms with Crippen LogP contribution < -0.4 is 9.31 Å². The van der Waals surface area contributed by atoms with E-state index in [9.17, 15) is 13.2 Å². The smallest absolute Gasteiger partial charge is 0.267 e. The number of carbonyl (C=O) groups is 1. The average Bonchev–Trinajstić information content (AvgIpc) is 3.40. The van der Waals surface area contributed by atoms with Gasteiger partial charge < -0.3 is 0 Å². The molecule has 0 unspecified atom stereocenters. The van der Waals surface area contributed by atoms with Gasteiger partial charge in [-0.2, -0.15) is 10.1 Å². The highest BCUT2D eigenvalue weighted by molar-refractivity contribution is 9.10. The monoisotopic (exact) mass is 708 g/mol. The summed E-state index contributed by atoms with van der Waals surface area (Å²) in [4.78, 5) is 18.6. The number of hydrogen-bond donors (Lipinski definition) is 0. The molecule has 0 N–H and O–H groups in total. The van der Waals surface area contributed by atoms with Crippen molar-refractivity contribution in [2.75, 3.05) is 15.9 Å². The Hall–Kier alpha value is -3.38. The number of rotatable bonds is 6. The number of aromatic nitrogens is 1. The van der Waals surface area contributed by atoms with E-state index in [0.717, 1.165) is 43.1 Å². The van der Waals surface area contributed by atoms with Crippen LogP contribution in [0.5, 0.6) is 0 Å². The maximum atomic E-state index is 13.8. The molecular weight excluding hydrogens is 688 g/mol. The minimum atomic E-state index is -3.80. The van der Waals surface area contributed by atoms with Gasteiger partial charge in [-0.15, -0.1) is 0 Å². The Morgan fingerprint density at radius 1 is 0.951 bits per heavy atom. The van der Waals surface area contributed by atoms with Crippen molar-refractivity contribution in [2.45, 2.75) is 17.7 Å². The fourth-order valence-corrected chi connectivity index (χ4v) is 7.89. The predicted molar refractivity (Wildman–Crippen MR) is 172 cm³/mol. The molecule has 0 radical (unpaired) electrons. The van der Waals surface area contributed by atoms with Gasteiger partial charge >= 0.3 is 0 Å². The highest BCUT2D eigenvalue weighted by atomic mass is 79.9. The van der Waals surface area contributed by atoms with Crippen LogP contribution in [-0.2, 0) is 16.4 Å². The number of hydrogen-bond acceptors (Lipinski definition) is 6. The summed E-state index contributed by atoms with van der Waals surface area (Å²) < 4.78 is 31.4. The first-order valence-electron chi connectivity index (χ1n) is 12.7. The van der Waals surface area contributed by atoms with Gasteiger partial charge in [0.25, 0.3) is 15.9 Å². The molecule has 7 nitrogen and oxygen atoms in total. The summed E-state index contributed by atoms with van der Waals surface area (Å²) in [5.41, 5.74) is 3.55. The van der Waals surface area contributed by atoms with Crippen molar-refractivity contribution in [3.05, 3.63) is 117 Å². The standard InChI is InChI=1S/C30H22Br2N4O3S2/c31-23-11-7-20(8-12-23)19-33-36(30-34-26-16-13-24(32)18-28(26)40-30)29(37)22-9-14-25(15-10-22)41(38,39)35-17-3-5-21-4-1-2-6-27(21)35/h1-2,4,6-16,18-19H,3,5,17H2/b33-19+. The Morgan fingerprint density at radius 3 is 2.46 bits per heavy atom. The molecule has 4 aromatic carbocycles. The van der Waals surface area contributed by atoms with Crippen molar-refractivity contribution in [3.63, 3.8) is 0 Å². The molecule has 0 aliphatic carbocycles. The van der Waals surface area contributed by atoms with E-state index in [1.54, 1.807) is 6.21 Å². The molecule has 41 heavy (non-hydrogen) atoms. The van der Waals surface area contributed by atoms with Gasteiger partial charge in [0.05, 0.1) is 27.0 Å². The maximum absolute atomic E-state index is 13.8. The van der Waals surface area contributed by atoms with Crippen molar-refractivity contribution in [1.29, 1.82) is 0 Å². The van der Waals surface area contributed by atoms with Crippen molar-refractivity contribution < 1.29 is 13.2 Å². The Labute approximate surface area is 258 Å². The molecule has 0 saturated carbocycles. The third-order valence-electron chi connectivity index (χ3n) is 6.66. The fourth-order valence-electron chi connectivity index (χ4n) is 4.61. The zero-order chi connectivity index (χ0) is 28.6. The number of thiazole rings is 1. The van der Waals surface area contributed by atoms with E-state index in [2.05, 4.69) is 41.9 Å². The quantitative estimate of drug-likeness (QED) is 0.134. The molecule has 1 amide bonds. The van der Waals surface area contributed by atoms with Gasteiger partial charge in [0.2, 0.25) is 5.13 Å². The topological polar surface area (TPSA) is 82.9 Å². The molecule has 206 valence electrons. The molecule has 6 rings (SSSR count). The van der Waals surface area contributed by atoms with Crippen LogP contribution in [0.15, 0.2) is 110 Å². The largest absolute Gasteiger partial charge is 0.280 e. The molecule has 11 heteroatoms. The highest BCUT2D eigenvalue weighted by Crippen LogP contribution is 2.34. The minimum Gasteiger partial charge on any atom is -0.267 e. The Kier molecular flexibility index (Phi) is 7.78. The molecule has 0 bridgehead atoms. The summed E-state index contributed by atoms with van der Waals surface area (Å²) in [5, 5.41) is 6.17. The SMILES string of the molecule is O=C(c1ccc(S(=O)(=O)N2CCCc3ccccc32)cc1)N(/N=C/c1ccc(Br)cc1)c1nc2ccc(Br)cc2s1. The lowest BCUT2D eigenvalue weighted by Gasteiger charge is -2.30. The molecule has 1 aliphatic rings. The number of fused-ring (bicyclic) bond motifs is 2. The van der Waals surface area contributed by atoms with Gasteiger partial charge in [-0.25, -0.2) is 13.4 Å². The minimum absolute atomic E-state index is 0.125. The van der Waals surface area contributed by atoms with Crippen molar-refractivity contribution in [3.8, 4) is 0 Å². The first kappa shape index (κ1) is 27.8. The van der Waals surface area contributed by atoms with Crippen LogP contribution in [0.25, 0.3) is 10.2 Å². The van der Waals surface area contributed by atoms with Gasteiger partial charge in [0.15, 0.2) is 0 Å². The van der Waals surface area contributed by atoms with E-state index in [1.807, 2.05) is 66.7 Å². The summed E-state index contributed by atoms with van der Waals surface area (Å²) in [7, 11) is -3.80. The third kappa shape index (κ3) is 5.72. The first-order valence-corrected chi connectivity index (χ1v) is 16.5. The van der Waals surface area contributed by atoms with E-state index in [1.165, 1.54) is 44.9 Å². The highest BCUT2D eigenvalue weighted by Gasteiger charge is 2.29. The van der Waals surface area contributed by atoms with Crippen LogP contribution >= 0.6 is 43.2 Å². The van der Waals surface area contributed by atoms with Gasteiger partial charge in [-0.3, -0.25) is 9.10 Å². The zero-order valence-corrected chi connectivity index (χ0v) is 26.2. The van der Waals surface area contributed by atoms with Crippen LogP contribution in [0.1, 0.15) is 27.9 Å². The normalized spacial score (nSPS) is 13.5. The lowest BCUT2D eigenvalue weighted by molar-refractivity contribution is 0.0987. The lowest BCUT2D eigenvalue weighted by atomic mass is 10.0. The van der Waals surface area contributed by atoms with E-state index in [4.69, 9.17) is 0 Å². The first-order chi connectivity index (χ1) is 19.8. The van der Waals surface area contributed by atoms with Gasteiger partial charge in [0, 0.05) is 21.1 Å². The summed E-state index contributed by atoms with van der Waals surface area (Å²) in [6, 6.07) is 26.8.